The van der Waals surface area contributed by atoms with Crippen LogP contribution >= 0.6 is 0 Å². The molecule has 0 radical (unpaired) electrons. The quantitative estimate of drug-likeness (QED) is 0.383. The molecule has 0 saturated carbocycles. The zero-order valence-corrected chi connectivity index (χ0v) is 25.3. The van der Waals surface area contributed by atoms with Gasteiger partial charge in [0.2, 0.25) is 5.91 Å². The lowest BCUT2D eigenvalue weighted by molar-refractivity contribution is -0.126. The highest BCUT2D eigenvalue weighted by Gasteiger charge is 2.47. The molecule has 3 aliphatic rings. The summed E-state index contributed by atoms with van der Waals surface area (Å²) >= 11 is 0. The first-order chi connectivity index (χ1) is 20.9. The van der Waals surface area contributed by atoms with Gasteiger partial charge in [0.25, 0.3) is 0 Å². The van der Waals surface area contributed by atoms with Gasteiger partial charge in [0.15, 0.2) is 5.65 Å². The van der Waals surface area contributed by atoms with Crippen LogP contribution in [0.15, 0.2) is 60.1 Å². The number of likely N-dealkylation sites (tertiary alicyclic amines) is 1. The Hall–Kier alpha value is -3.94. The van der Waals surface area contributed by atoms with Gasteiger partial charge in [0.1, 0.15) is 17.8 Å². The lowest BCUT2D eigenvalue weighted by Crippen LogP contribution is -2.39. The number of nitrogens with zero attached hydrogens (tertiary/aromatic N) is 5. The van der Waals surface area contributed by atoms with Crippen molar-refractivity contribution in [1.29, 1.82) is 0 Å². The molecular weight excluding hydrogens is 600 g/mol. The number of hydrogen-bond acceptors (Lipinski definition) is 6. The smallest absolute Gasteiger partial charge is 0.383 e. The zero-order valence-electron chi connectivity index (χ0n) is 25.3. The van der Waals surface area contributed by atoms with Gasteiger partial charge < -0.3 is 16.0 Å². The molecule has 1 amide bonds. The predicted molar refractivity (Wildman–Crippen MR) is 158 cm³/mol. The number of halogens is 6. The van der Waals surface area contributed by atoms with Crippen LogP contribution in [0.25, 0.3) is 16.6 Å². The number of aromatic nitrogens is 4. The topological polar surface area (TPSA) is 102 Å². The van der Waals surface area contributed by atoms with E-state index in [1.165, 1.54) is 6.33 Å². The van der Waals surface area contributed by atoms with Gasteiger partial charge in [-0.15, -0.1) is 0 Å². The number of fused-ring (bicyclic) bond motifs is 1. The summed E-state index contributed by atoms with van der Waals surface area (Å²) in [6, 6.07) is 0.0759. The molecule has 0 aromatic carbocycles. The highest BCUT2D eigenvalue weighted by Crippen LogP contribution is 2.45. The fourth-order valence-electron chi connectivity index (χ4n) is 6.28. The summed E-state index contributed by atoms with van der Waals surface area (Å²) in [4.78, 5) is 24.2. The van der Waals surface area contributed by atoms with E-state index in [-0.39, 0.29) is 23.6 Å². The molecule has 0 spiro atoms. The van der Waals surface area contributed by atoms with Gasteiger partial charge in [-0.2, -0.15) is 31.4 Å². The van der Waals surface area contributed by atoms with Gasteiger partial charge in [-0.1, -0.05) is 45.6 Å². The number of piperidine rings is 1. The maximum absolute atomic E-state index is 13.7. The van der Waals surface area contributed by atoms with Crippen LogP contribution in [0, 0.1) is 23.2 Å². The Labute approximate surface area is 256 Å². The molecule has 5 rings (SSSR count). The van der Waals surface area contributed by atoms with Crippen molar-refractivity contribution in [3.05, 3.63) is 65.8 Å². The number of rotatable bonds is 5. The van der Waals surface area contributed by atoms with Crippen molar-refractivity contribution in [1.82, 2.24) is 30.0 Å². The molecule has 2 aromatic heterocycles. The third-order valence-corrected chi connectivity index (χ3v) is 9.00. The number of anilines is 1. The van der Waals surface area contributed by atoms with E-state index in [9.17, 15) is 31.1 Å². The van der Waals surface area contributed by atoms with Gasteiger partial charge in [0.05, 0.1) is 22.9 Å². The number of carbonyl (C=O) groups excluding carboxylic acids is 1. The third kappa shape index (κ3) is 6.29. The fraction of sp³-hybridized carbons (Fsp3) is 0.484. The van der Waals surface area contributed by atoms with Crippen molar-refractivity contribution >= 4 is 28.3 Å². The normalized spacial score (nSPS) is 24.7. The van der Waals surface area contributed by atoms with Gasteiger partial charge in [-0.3, -0.25) is 4.79 Å². The summed E-state index contributed by atoms with van der Waals surface area (Å²) in [5, 5.41) is 8.01. The van der Waals surface area contributed by atoms with E-state index in [0.29, 0.717) is 28.4 Å². The second-order valence-electron chi connectivity index (χ2n) is 12.6. The van der Waals surface area contributed by atoms with E-state index in [1.807, 2.05) is 18.5 Å². The van der Waals surface area contributed by atoms with Crippen LogP contribution in [0.3, 0.4) is 0 Å². The average molecular weight is 636 g/mol. The minimum Gasteiger partial charge on any atom is -0.383 e. The Morgan fingerprint density at radius 3 is 2.38 bits per heavy atom. The largest absolute Gasteiger partial charge is 0.416 e. The van der Waals surface area contributed by atoms with Crippen LogP contribution in [0.1, 0.15) is 45.3 Å². The SMILES string of the molecule is C=C(c1nn(C2CCN(C)CC2)c2ncnc(N)c12)C1C=C(NC(=O)C2C=C(C(F)(F)F)C=C(C(F)(F)F)C2C)C=CC1(C)C. The first kappa shape index (κ1) is 32.5. The minimum atomic E-state index is -5.06. The number of allylic oxidation sites excluding steroid dienone is 7. The number of carbonyl (C=O) groups is 1. The summed E-state index contributed by atoms with van der Waals surface area (Å²) in [6.07, 6.45) is -1.33. The van der Waals surface area contributed by atoms with E-state index < -0.39 is 52.6 Å². The Balaban J connectivity index is 1.47. The Bertz CT molecular complexity index is 1640. The van der Waals surface area contributed by atoms with Crippen molar-refractivity contribution in [2.24, 2.45) is 23.2 Å². The number of nitrogens with one attached hydrogen (secondary N) is 1. The molecule has 3 atom stereocenters. The molecule has 45 heavy (non-hydrogen) atoms. The van der Waals surface area contributed by atoms with Crippen molar-refractivity contribution in [3.8, 4) is 0 Å². The molecule has 3 unspecified atom stereocenters. The van der Waals surface area contributed by atoms with E-state index in [4.69, 9.17) is 10.8 Å². The average Bonchev–Trinajstić information content (AvgIpc) is 3.34. The molecule has 0 bridgehead atoms. The summed E-state index contributed by atoms with van der Waals surface area (Å²) in [6.45, 7) is 11.1. The van der Waals surface area contributed by atoms with E-state index >= 15 is 0 Å². The van der Waals surface area contributed by atoms with Gasteiger partial charge in [-0.25, -0.2) is 14.6 Å². The first-order valence-corrected chi connectivity index (χ1v) is 14.5. The minimum absolute atomic E-state index is 0.0706. The molecular formula is C31H35F6N7O. The summed E-state index contributed by atoms with van der Waals surface area (Å²) in [5.41, 5.74) is 4.64. The van der Waals surface area contributed by atoms with Crippen LogP contribution in [-0.2, 0) is 4.79 Å². The fourth-order valence-corrected chi connectivity index (χ4v) is 6.28. The Morgan fingerprint density at radius 2 is 1.76 bits per heavy atom. The number of amides is 1. The number of hydrogen-bond donors (Lipinski definition) is 2. The van der Waals surface area contributed by atoms with Crippen LogP contribution in [-0.4, -0.2) is 63.0 Å². The first-order valence-electron chi connectivity index (χ1n) is 14.5. The maximum atomic E-state index is 13.7. The molecule has 1 fully saturated rings. The molecule has 242 valence electrons. The summed E-state index contributed by atoms with van der Waals surface area (Å²) in [7, 11) is 2.05. The monoisotopic (exact) mass is 635 g/mol. The third-order valence-electron chi connectivity index (χ3n) is 9.00. The van der Waals surface area contributed by atoms with Crippen LogP contribution < -0.4 is 11.1 Å². The van der Waals surface area contributed by atoms with Crippen molar-refractivity contribution in [2.75, 3.05) is 25.9 Å². The van der Waals surface area contributed by atoms with Crippen molar-refractivity contribution in [3.63, 3.8) is 0 Å². The Kier molecular flexibility index (Phi) is 8.26. The van der Waals surface area contributed by atoms with E-state index in [0.717, 1.165) is 32.9 Å². The van der Waals surface area contributed by atoms with E-state index in [2.05, 4.69) is 33.8 Å². The standard InChI is InChI=1S/C31H35F6N7O/c1-16-21(12-18(30(32,33)34)13-23(16)31(35,36)37)28(45)41-19-6-9-29(3,4)22(14-19)17(2)25-24-26(38)39-15-40-27(24)44(42-25)20-7-10-43(5)11-8-20/h6,9,12-16,20-22H,2,7-8,10-11H2,1,3-5H3,(H,41,45)(H2,38,39,40). The van der Waals surface area contributed by atoms with Crippen LogP contribution in [0.2, 0.25) is 0 Å². The van der Waals surface area contributed by atoms with Gasteiger partial charge in [0, 0.05) is 23.1 Å². The molecule has 2 aromatic rings. The number of nitrogens with two attached hydrogens (primary N) is 1. The van der Waals surface area contributed by atoms with Gasteiger partial charge >= 0.3 is 12.4 Å². The second kappa shape index (κ2) is 11.5. The van der Waals surface area contributed by atoms with Crippen LogP contribution in [0.5, 0.6) is 0 Å². The highest BCUT2D eigenvalue weighted by molar-refractivity contribution is 5.96. The molecule has 1 aliphatic heterocycles. The Morgan fingerprint density at radius 1 is 1.09 bits per heavy atom. The van der Waals surface area contributed by atoms with Crippen LogP contribution in [0.4, 0.5) is 32.2 Å². The van der Waals surface area contributed by atoms with Crippen molar-refractivity contribution < 1.29 is 31.1 Å². The lowest BCUT2D eigenvalue weighted by Gasteiger charge is -2.35. The highest BCUT2D eigenvalue weighted by atomic mass is 19.4. The second-order valence-corrected chi connectivity index (χ2v) is 12.6. The molecule has 8 nitrogen and oxygen atoms in total. The molecule has 14 heteroatoms. The van der Waals surface area contributed by atoms with Crippen molar-refractivity contribution in [2.45, 2.75) is 52.0 Å². The zero-order chi connectivity index (χ0) is 33.1. The van der Waals surface area contributed by atoms with Gasteiger partial charge in [-0.05, 0) is 56.1 Å². The molecule has 1 saturated heterocycles. The molecule has 3 heterocycles. The molecule has 3 N–H and O–H groups in total. The van der Waals surface area contributed by atoms with E-state index in [1.54, 1.807) is 18.2 Å². The summed E-state index contributed by atoms with van der Waals surface area (Å²) in [5.74, 6) is -4.50. The lowest BCUT2D eigenvalue weighted by atomic mass is 9.71. The molecule has 2 aliphatic carbocycles. The predicted octanol–water partition coefficient (Wildman–Crippen LogP) is 6.14. The number of nitrogen functional groups attached to an aromatic ring is 1. The maximum Gasteiger partial charge on any atom is 0.416 e. The summed E-state index contributed by atoms with van der Waals surface area (Å²) < 4.78 is 83.4. The number of alkyl halides is 6.